The maximum Gasteiger partial charge on any atom is 0.227 e. The average Bonchev–Trinajstić information content (AvgIpc) is 2.96. The second-order valence-electron chi connectivity index (χ2n) is 4.51. The van der Waals surface area contributed by atoms with Crippen LogP contribution in [-0.4, -0.2) is 36.8 Å². The zero-order chi connectivity index (χ0) is 12.3. The largest absolute Gasteiger partial charge is 0.391 e. The van der Waals surface area contributed by atoms with Gasteiger partial charge in [-0.2, -0.15) is 11.3 Å². The first-order valence-corrected chi connectivity index (χ1v) is 6.81. The Bertz CT molecular complexity index is 367. The molecule has 3 atom stereocenters. The van der Waals surface area contributed by atoms with E-state index in [0.717, 1.165) is 12.1 Å². The van der Waals surface area contributed by atoms with E-state index in [9.17, 15) is 9.90 Å². The number of aliphatic hydroxyl groups excluding tert-OH is 1. The Balaban J connectivity index is 1.81. The molecule has 17 heavy (non-hydrogen) atoms. The van der Waals surface area contributed by atoms with Crippen LogP contribution < -0.4 is 10.6 Å². The van der Waals surface area contributed by atoms with Crippen LogP contribution in [0.25, 0.3) is 0 Å². The van der Waals surface area contributed by atoms with Gasteiger partial charge in [0.15, 0.2) is 0 Å². The molecule has 0 bridgehead atoms. The van der Waals surface area contributed by atoms with Gasteiger partial charge in [-0.05, 0) is 29.3 Å². The van der Waals surface area contributed by atoms with E-state index < -0.39 is 0 Å². The highest BCUT2D eigenvalue weighted by Gasteiger charge is 2.26. The third-order valence-corrected chi connectivity index (χ3v) is 3.98. The molecule has 2 heterocycles. The van der Waals surface area contributed by atoms with Crippen LogP contribution in [0.5, 0.6) is 0 Å². The molecule has 4 nitrogen and oxygen atoms in total. The molecule has 2 rings (SSSR count). The van der Waals surface area contributed by atoms with Crippen molar-refractivity contribution in [1.29, 1.82) is 0 Å². The average molecular weight is 254 g/mol. The summed E-state index contributed by atoms with van der Waals surface area (Å²) < 4.78 is 0. The maximum atomic E-state index is 11.9. The predicted molar refractivity (Wildman–Crippen MR) is 68.1 cm³/mol. The van der Waals surface area contributed by atoms with Crippen molar-refractivity contribution in [2.24, 2.45) is 5.92 Å². The van der Waals surface area contributed by atoms with Crippen molar-refractivity contribution in [3.8, 4) is 0 Å². The van der Waals surface area contributed by atoms with Crippen LogP contribution in [0.1, 0.15) is 18.4 Å². The van der Waals surface area contributed by atoms with Crippen LogP contribution in [0, 0.1) is 5.92 Å². The molecule has 1 saturated heterocycles. The third-order valence-electron chi connectivity index (χ3n) is 3.28. The van der Waals surface area contributed by atoms with E-state index >= 15 is 0 Å². The zero-order valence-corrected chi connectivity index (χ0v) is 10.7. The lowest BCUT2D eigenvalue weighted by atomic mass is 10.0. The van der Waals surface area contributed by atoms with Crippen molar-refractivity contribution in [2.75, 3.05) is 19.6 Å². The Hall–Kier alpha value is -0.910. The van der Waals surface area contributed by atoms with Gasteiger partial charge < -0.3 is 15.7 Å². The number of aliphatic hydroxyl groups is 1. The predicted octanol–water partition coefficient (Wildman–Crippen LogP) is 0.548. The molecule has 1 aliphatic heterocycles. The molecule has 1 aromatic heterocycles. The van der Waals surface area contributed by atoms with Gasteiger partial charge in [0.2, 0.25) is 5.91 Å². The molecule has 0 spiro atoms. The summed E-state index contributed by atoms with van der Waals surface area (Å²) >= 11 is 1.60. The van der Waals surface area contributed by atoms with Crippen LogP contribution in [0.4, 0.5) is 0 Å². The fraction of sp³-hybridized carbons (Fsp3) is 0.583. The Morgan fingerprint density at radius 1 is 1.71 bits per heavy atom. The van der Waals surface area contributed by atoms with Crippen molar-refractivity contribution >= 4 is 17.2 Å². The Morgan fingerprint density at radius 2 is 2.53 bits per heavy atom. The molecule has 94 valence electrons. The van der Waals surface area contributed by atoms with Crippen molar-refractivity contribution in [3.05, 3.63) is 22.4 Å². The highest BCUT2D eigenvalue weighted by atomic mass is 32.1. The summed E-state index contributed by atoms with van der Waals surface area (Å²) in [6.45, 7) is 3.84. The molecule has 5 heteroatoms. The zero-order valence-electron chi connectivity index (χ0n) is 9.85. The van der Waals surface area contributed by atoms with Gasteiger partial charge in [0.25, 0.3) is 0 Å². The van der Waals surface area contributed by atoms with Gasteiger partial charge in [0.05, 0.1) is 12.0 Å². The Kier molecular flexibility index (Phi) is 4.15. The number of rotatable bonds is 4. The number of nitrogens with one attached hydrogen (secondary N) is 2. The first-order valence-electron chi connectivity index (χ1n) is 5.87. The molecular weight excluding hydrogens is 236 g/mol. The number of carbonyl (C=O) groups excluding carboxylic acids is 1. The molecule has 0 saturated carbocycles. The van der Waals surface area contributed by atoms with E-state index in [0.29, 0.717) is 13.1 Å². The smallest absolute Gasteiger partial charge is 0.227 e. The van der Waals surface area contributed by atoms with Crippen LogP contribution in [0.3, 0.4) is 0 Å². The van der Waals surface area contributed by atoms with Crippen LogP contribution in [-0.2, 0) is 4.79 Å². The second-order valence-corrected chi connectivity index (χ2v) is 5.29. The fourth-order valence-electron chi connectivity index (χ4n) is 1.99. The van der Waals surface area contributed by atoms with Gasteiger partial charge in [0.1, 0.15) is 0 Å². The van der Waals surface area contributed by atoms with Gasteiger partial charge in [-0.3, -0.25) is 4.79 Å². The second kappa shape index (κ2) is 5.62. The SMILES string of the molecule is CC(C(=O)NCC1CNCC1O)c1ccsc1. The molecule has 1 aliphatic rings. The van der Waals surface area contributed by atoms with Crippen molar-refractivity contribution < 1.29 is 9.90 Å². The molecular formula is C12H18N2O2S. The maximum absolute atomic E-state index is 11.9. The number of thiophene rings is 1. The molecule has 0 radical (unpaired) electrons. The Labute approximate surface area is 105 Å². The highest BCUT2D eigenvalue weighted by molar-refractivity contribution is 7.08. The first-order chi connectivity index (χ1) is 8.18. The lowest BCUT2D eigenvalue weighted by Gasteiger charge is -2.16. The third kappa shape index (κ3) is 3.06. The number of hydrogen-bond donors (Lipinski definition) is 3. The summed E-state index contributed by atoms with van der Waals surface area (Å²) in [6, 6.07) is 1.97. The quantitative estimate of drug-likeness (QED) is 0.735. The summed E-state index contributed by atoms with van der Waals surface area (Å²) in [7, 11) is 0. The van der Waals surface area contributed by atoms with Crippen molar-refractivity contribution in [3.63, 3.8) is 0 Å². The monoisotopic (exact) mass is 254 g/mol. The molecule has 3 unspecified atom stereocenters. The number of carbonyl (C=O) groups is 1. The minimum absolute atomic E-state index is 0.0301. The van der Waals surface area contributed by atoms with E-state index in [-0.39, 0.29) is 23.8 Å². The normalized spacial score (nSPS) is 25.8. The van der Waals surface area contributed by atoms with Gasteiger partial charge in [0, 0.05) is 25.6 Å². The van der Waals surface area contributed by atoms with Crippen LogP contribution >= 0.6 is 11.3 Å². The lowest BCUT2D eigenvalue weighted by molar-refractivity contribution is -0.122. The van der Waals surface area contributed by atoms with Crippen molar-refractivity contribution in [1.82, 2.24) is 10.6 Å². The summed E-state index contributed by atoms with van der Waals surface area (Å²) in [5.41, 5.74) is 1.05. The Morgan fingerprint density at radius 3 is 3.12 bits per heavy atom. The van der Waals surface area contributed by atoms with Gasteiger partial charge in [-0.15, -0.1) is 0 Å². The minimum Gasteiger partial charge on any atom is -0.391 e. The minimum atomic E-state index is -0.341. The number of amides is 1. The summed E-state index contributed by atoms with van der Waals surface area (Å²) in [6.07, 6.45) is -0.341. The number of hydrogen-bond acceptors (Lipinski definition) is 4. The topological polar surface area (TPSA) is 61.4 Å². The molecule has 1 fully saturated rings. The van der Waals surface area contributed by atoms with Crippen molar-refractivity contribution in [2.45, 2.75) is 18.9 Å². The first kappa shape index (κ1) is 12.5. The van der Waals surface area contributed by atoms with E-state index in [1.165, 1.54) is 0 Å². The van der Waals surface area contributed by atoms with E-state index in [4.69, 9.17) is 0 Å². The lowest BCUT2D eigenvalue weighted by Crippen LogP contribution is -2.36. The van der Waals surface area contributed by atoms with Gasteiger partial charge in [-0.25, -0.2) is 0 Å². The summed E-state index contributed by atoms with van der Waals surface area (Å²) in [5, 5.41) is 19.6. The van der Waals surface area contributed by atoms with E-state index in [1.54, 1.807) is 11.3 Å². The number of β-amino-alcohol motifs (C(OH)–C–C–N with tert-alkyl or cyclic N) is 1. The van der Waals surface area contributed by atoms with Gasteiger partial charge in [-0.1, -0.05) is 0 Å². The summed E-state index contributed by atoms with van der Waals surface area (Å²) in [5.74, 6) is 0.0453. The van der Waals surface area contributed by atoms with E-state index in [2.05, 4.69) is 10.6 Å². The summed E-state index contributed by atoms with van der Waals surface area (Å²) in [4.78, 5) is 11.9. The standard InChI is InChI=1S/C12H18N2O2S/c1-8(9-2-3-17-7-9)12(16)14-5-10-4-13-6-11(10)15/h2-3,7-8,10-11,13,15H,4-6H2,1H3,(H,14,16). The van der Waals surface area contributed by atoms with E-state index in [1.807, 2.05) is 23.8 Å². The van der Waals surface area contributed by atoms with Crippen LogP contribution in [0.15, 0.2) is 16.8 Å². The molecule has 0 aromatic carbocycles. The molecule has 1 amide bonds. The fourth-order valence-corrected chi connectivity index (χ4v) is 2.74. The molecule has 3 N–H and O–H groups in total. The molecule has 0 aliphatic carbocycles. The van der Waals surface area contributed by atoms with Gasteiger partial charge >= 0.3 is 0 Å². The molecule has 1 aromatic rings. The highest BCUT2D eigenvalue weighted by Crippen LogP contribution is 2.18. The van der Waals surface area contributed by atoms with Crippen LogP contribution in [0.2, 0.25) is 0 Å².